The molecule has 2 saturated heterocycles. The summed E-state index contributed by atoms with van der Waals surface area (Å²) in [5, 5.41) is 31.9. The van der Waals surface area contributed by atoms with E-state index in [1.165, 1.54) is 29.6 Å². The van der Waals surface area contributed by atoms with Crippen LogP contribution in [0.4, 0.5) is 11.9 Å². The highest BCUT2D eigenvalue weighted by molar-refractivity contribution is 7.66. The molecule has 292 valence electrons. The number of H-pyrrole nitrogens is 2. The summed E-state index contributed by atoms with van der Waals surface area (Å²) < 4.78 is 75.2. The number of phosphoric ester groups is 2. The van der Waals surface area contributed by atoms with Crippen molar-refractivity contribution in [2.75, 3.05) is 31.8 Å². The van der Waals surface area contributed by atoms with Gasteiger partial charge in [0.05, 0.1) is 26.6 Å². The Hall–Kier alpha value is -3.53. The van der Waals surface area contributed by atoms with Crippen LogP contribution in [0.25, 0.3) is 22.3 Å². The lowest BCUT2D eigenvalue weighted by atomic mass is 10.1. The second-order valence-electron chi connectivity index (χ2n) is 11.5. The van der Waals surface area contributed by atoms with Crippen molar-refractivity contribution in [3.63, 3.8) is 0 Å². The van der Waals surface area contributed by atoms with Crippen molar-refractivity contribution >= 4 is 57.7 Å². The standard InChI is InChI=1S/C22H31N10O18P3/c1-30-6-32(16-10(30)18(37)29-22(24)27-16)19-13(35)11(33)7(47-19)3-45-51(38,39)49-53(42,43)50-52(40,41)46-4-8-12(34)14(44-2)20(48-8)31-5-25-9-15(31)26-21(23)28-17(9)36/h5-8,11-14,19-20,33-35H,3-4H2,1-2H3,(H8-,23,24,26,27,28,29,36,37,38,39,40,41,42,43)/p+1/t7-,8-,11-,12-,13+,14-,19-,20-/m1/s1. The molecule has 0 aromatic carbocycles. The lowest BCUT2D eigenvalue weighted by Crippen LogP contribution is -2.35. The number of anilines is 2. The summed E-state index contributed by atoms with van der Waals surface area (Å²) >= 11 is 0. The first-order chi connectivity index (χ1) is 24.7. The van der Waals surface area contributed by atoms with Gasteiger partial charge < -0.3 is 55.7 Å². The first-order valence-electron chi connectivity index (χ1n) is 14.8. The maximum Gasteiger partial charge on any atom is 0.490 e. The van der Waals surface area contributed by atoms with Crippen molar-refractivity contribution in [2.45, 2.75) is 49.1 Å². The first kappa shape index (κ1) is 39.2. The minimum absolute atomic E-state index is 0.0159. The molecule has 12 N–H and O–H groups in total. The Bertz CT molecular complexity index is 2300. The van der Waals surface area contributed by atoms with Gasteiger partial charge in [0.25, 0.3) is 16.7 Å². The number of nitrogen functional groups attached to an aromatic ring is 2. The minimum Gasteiger partial charge on any atom is -0.387 e. The number of ether oxygens (including phenoxy) is 3. The second-order valence-corrected chi connectivity index (χ2v) is 16.1. The van der Waals surface area contributed by atoms with Crippen molar-refractivity contribution in [3.8, 4) is 0 Å². The lowest BCUT2D eigenvalue weighted by Gasteiger charge is -2.21. The number of aryl methyl sites for hydroxylation is 1. The molecule has 0 bridgehead atoms. The van der Waals surface area contributed by atoms with E-state index in [0.29, 0.717) is 0 Å². The SMILES string of the molecule is CO[C@@H]1[C@H](O)[C@@H](COP(=O)(O)OP(=O)(O)OP(=O)(O)OC[C@H]2O[C@@H](n3c[n+](C)c4c(=O)[nH]c(N)nc43)[C@@H](O)[C@@H]2O)O[C@H]1n1cnc2c(=O)[nH]c(N)nc21. The molecule has 6 heterocycles. The van der Waals surface area contributed by atoms with Crippen LogP contribution in [0.3, 0.4) is 0 Å². The van der Waals surface area contributed by atoms with Crippen LogP contribution in [0, 0.1) is 0 Å². The maximum absolute atomic E-state index is 12.6. The first-order valence-corrected chi connectivity index (χ1v) is 19.3. The number of aromatic nitrogens is 8. The van der Waals surface area contributed by atoms with Gasteiger partial charge in [-0.3, -0.25) is 33.2 Å². The average molecular weight is 817 g/mol. The van der Waals surface area contributed by atoms with Crippen LogP contribution in [-0.4, -0.2) is 121 Å². The predicted molar refractivity (Wildman–Crippen MR) is 169 cm³/mol. The fourth-order valence-corrected chi connectivity index (χ4v) is 9.20. The van der Waals surface area contributed by atoms with Gasteiger partial charge in [0.2, 0.25) is 24.5 Å². The van der Waals surface area contributed by atoms with E-state index in [2.05, 4.69) is 42.6 Å². The van der Waals surface area contributed by atoms with Crippen LogP contribution in [0.5, 0.6) is 0 Å². The van der Waals surface area contributed by atoms with E-state index in [9.17, 15) is 53.3 Å². The number of nitrogens with zero attached hydrogens (tertiary/aromatic N) is 6. The van der Waals surface area contributed by atoms with E-state index in [1.54, 1.807) is 0 Å². The van der Waals surface area contributed by atoms with Gasteiger partial charge in [0.15, 0.2) is 17.4 Å². The number of aromatic amines is 2. The van der Waals surface area contributed by atoms with Crippen molar-refractivity contribution in [1.82, 2.24) is 34.1 Å². The molecule has 53 heavy (non-hydrogen) atoms. The third-order valence-corrected chi connectivity index (χ3v) is 12.2. The van der Waals surface area contributed by atoms with E-state index in [1.807, 2.05) is 0 Å². The van der Waals surface area contributed by atoms with Crippen LogP contribution in [0.1, 0.15) is 12.5 Å². The fourth-order valence-electron chi connectivity index (χ4n) is 5.67. The molecule has 0 saturated carbocycles. The maximum atomic E-state index is 12.6. The number of rotatable bonds is 13. The van der Waals surface area contributed by atoms with Crippen LogP contribution < -0.4 is 27.2 Å². The summed E-state index contributed by atoms with van der Waals surface area (Å²) in [6.45, 7) is -2.08. The van der Waals surface area contributed by atoms with Crippen LogP contribution >= 0.6 is 23.5 Å². The molecule has 6 rings (SSSR count). The molecular formula is C22H32N10O18P3+. The number of phosphoric acid groups is 3. The van der Waals surface area contributed by atoms with Crippen molar-refractivity contribution in [3.05, 3.63) is 33.4 Å². The third kappa shape index (κ3) is 7.85. The number of imidazole rings is 2. The lowest BCUT2D eigenvalue weighted by molar-refractivity contribution is -0.646. The zero-order valence-electron chi connectivity index (χ0n) is 26.9. The Kier molecular flexibility index (Phi) is 10.6. The average Bonchev–Trinajstić information content (AvgIpc) is 3.76. The summed E-state index contributed by atoms with van der Waals surface area (Å²) in [6.07, 6.45) is -9.71. The van der Waals surface area contributed by atoms with E-state index >= 15 is 0 Å². The van der Waals surface area contributed by atoms with E-state index < -0.39 is 96.9 Å². The molecular weight excluding hydrogens is 785 g/mol. The predicted octanol–water partition coefficient (Wildman–Crippen LogP) is -3.89. The van der Waals surface area contributed by atoms with Crippen molar-refractivity contribution in [2.24, 2.45) is 7.05 Å². The van der Waals surface area contributed by atoms with Gasteiger partial charge in [-0.1, -0.05) is 0 Å². The van der Waals surface area contributed by atoms with Gasteiger partial charge in [-0.15, -0.1) is 0 Å². The highest BCUT2D eigenvalue weighted by atomic mass is 31.3. The molecule has 31 heteroatoms. The van der Waals surface area contributed by atoms with Gasteiger partial charge in [-0.2, -0.15) is 23.2 Å². The Balaban J connectivity index is 1.06. The Labute approximate surface area is 293 Å². The summed E-state index contributed by atoms with van der Waals surface area (Å²) in [7, 11) is -14.7. The third-order valence-electron chi connectivity index (χ3n) is 7.93. The number of hydrogen-bond acceptors (Lipinski definition) is 20. The quantitative estimate of drug-likeness (QED) is 0.0455. The summed E-state index contributed by atoms with van der Waals surface area (Å²) in [5.41, 5.74) is 9.67. The number of nitrogens with one attached hydrogen (secondary N) is 2. The zero-order chi connectivity index (χ0) is 38.8. The minimum atomic E-state index is -5.98. The van der Waals surface area contributed by atoms with Crippen LogP contribution in [0.15, 0.2) is 22.2 Å². The molecule has 0 aliphatic carbocycles. The molecule has 2 fully saturated rings. The molecule has 0 amide bonds. The summed E-state index contributed by atoms with van der Waals surface area (Å²) in [5.74, 6) is -0.538. The molecule has 2 aliphatic rings. The number of aliphatic hydroxyl groups is 3. The molecule has 11 atom stereocenters. The fraction of sp³-hybridized carbons (Fsp3) is 0.545. The largest absolute Gasteiger partial charge is 0.490 e. The monoisotopic (exact) mass is 817 g/mol. The number of nitrogens with two attached hydrogens (primary N) is 2. The Morgan fingerprint density at radius 2 is 1.38 bits per heavy atom. The van der Waals surface area contributed by atoms with E-state index in [-0.39, 0.29) is 34.2 Å². The summed E-state index contributed by atoms with van der Waals surface area (Å²) in [6, 6.07) is 0. The highest BCUT2D eigenvalue weighted by Gasteiger charge is 2.51. The smallest absolute Gasteiger partial charge is 0.387 e. The molecule has 0 spiro atoms. The Morgan fingerprint density at radius 3 is 1.98 bits per heavy atom. The molecule has 4 aromatic heterocycles. The topological polar surface area (TPSA) is 407 Å². The van der Waals surface area contributed by atoms with Crippen LogP contribution in [0.2, 0.25) is 0 Å². The van der Waals surface area contributed by atoms with Gasteiger partial charge in [-0.05, 0) is 0 Å². The van der Waals surface area contributed by atoms with Crippen molar-refractivity contribution < 1.29 is 80.1 Å². The van der Waals surface area contributed by atoms with Crippen molar-refractivity contribution in [1.29, 1.82) is 0 Å². The van der Waals surface area contributed by atoms with E-state index in [0.717, 1.165) is 10.9 Å². The Morgan fingerprint density at radius 1 is 0.830 bits per heavy atom. The number of aliphatic hydroxyl groups excluding tert-OH is 3. The second kappa shape index (κ2) is 14.3. The number of methoxy groups -OCH3 is 1. The number of hydrogen-bond donors (Lipinski definition) is 10. The molecule has 3 unspecified atom stereocenters. The van der Waals surface area contributed by atoms with Crippen LogP contribution in [-0.2, 0) is 52.6 Å². The normalized spacial score (nSPS) is 29.7. The zero-order valence-corrected chi connectivity index (χ0v) is 29.6. The van der Waals surface area contributed by atoms with E-state index in [4.69, 9.17) is 25.7 Å². The molecule has 2 aliphatic heterocycles. The molecule has 28 nitrogen and oxygen atoms in total. The number of fused-ring (bicyclic) bond motifs is 2. The van der Waals surface area contributed by atoms with Gasteiger partial charge in [0.1, 0.15) is 36.6 Å². The summed E-state index contributed by atoms with van der Waals surface area (Å²) in [4.78, 5) is 71.1. The van der Waals surface area contributed by atoms with Gasteiger partial charge >= 0.3 is 29.0 Å². The molecule has 4 aromatic rings. The van der Waals surface area contributed by atoms with Gasteiger partial charge in [-0.25, -0.2) is 23.2 Å². The highest BCUT2D eigenvalue weighted by Crippen LogP contribution is 2.67. The molecule has 0 radical (unpaired) electrons. The van der Waals surface area contributed by atoms with Gasteiger partial charge in [0, 0.05) is 7.11 Å².